The number of rotatable bonds is 4. The topological polar surface area (TPSA) is 55.9 Å². The Kier molecular flexibility index (Phi) is 2.82. The van der Waals surface area contributed by atoms with Crippen LogP contribution in [0.5, 0.6) is 0 Å². The van der Waals surface area contributed by atoms with E-state index in [1.54, 1.807) is 12.6 Å². The predicted molar refractivity (Wildman–Crippen MR) is 67.8 cm³/mol. The average Bonchev–Trinajstić information content (AvgIpc) is 2.97. The molecule has 3 rings (SSSR count). The maximum atomic E-state index is 5.49. The van der Waals surface area contributed by atoms with E-state index in [4.69, 9.17) is 4.42 Å². The Bertz CT molecular complexity index is 656. The minimum Gasteiger partial charge on any atom is -0.464 e. The smallest absolute Gasteiger partial charge is 0.146 e. The van der Waals surface area contributed by atoms with Crippen molar-refractivity contribution in [3.8, 4) is 0 Å². The molecule has 5 nitrogen and oxygen atoms in total. The van der Waals surface area contributed by atoms with Crippen LogP contribution in [0.4, 0.5) is 0 Å². The number of nitrogens with one attached hydrogen (secondary N) is 1. The van der Waals surface area contributed by atoms with E-state index < -0.39 is 0 Å². The van der Waals surface area contributed by atoms with Gasteiger partial charge in [0.15, 0.2) is 0 Å². The number of hydrogen-bond acceptors (Lipinski definition) is 4. The van der Waals surface area contributed by atoms with Crippen molar-refractivity contribution in [2.24, 2.45) is 7.05 Å². The van der Waals surface area contributed by atoms with Gasteiger partial charge in [0.2, 0.25) is 0 Å². The zero-order valence-corrected chi connectivity index (χ0v) is 10.1. The molecule has 2 heterocycles. The van der Waals surface area contributed by atoms with Crippen molar-refractivity contribution in [2.45, 2.75) is 13.1 Å². The van der Waals surface area contributed by atoms with Gasteiger partial charge in [-0.1, -0.05) is 18.2 Å². The fourth-order valence-corrected chi connectivity index (χ4v) is 1.95. The molecule has 0 atom stereocenters. The molecule has 0 radical (unpaired) electrons. The van der Waals surface area contributed by atoms with Crippen LogP contribution in [0.1, 0.15) is 11.4 Å². The van der Waals surface area contributed by atoms with E-state index in [1.165, 1.54) is 0 Å². The van der Waals surface area contributed by atoms with Gasteiger partial charge in [0.05, 0.1) is 12.8 Å². The highest BCUT2D eigenvalue weighted by molar-refractivity contribution is 5.80. The molecule has 0 saturated heterocycles. The zero-order valence-electron chi connectivity index (χ0n) is 10.1. The van der Waals surface area contributed by atoms with E-state index in [-0.39, 0.29) is 0 Å². The summed E-state index contributed by atoms with van der Waals surface area (Å²) in [7, 11) is 1.93. The van der Waals surface area contributed by atoms with Crippen molar-refractivity contribution in [3.63, 3.8) is 0 Å². The van der Waals surface area contributed by atoms with Gasteiger partial charge in [-0.2, -0.15) is 0 Å². The number of benzene rings is 1. The van der Waals surface area contributed by atoms with Crippen LogP contribution >= 0.6 is 0 Å². The van der Waals surface area contributed by atoms with Crippen molar-refractivity contribution in [2.75, 3.05) is 0 Å². The van der Waals surface area contributed by atoms with E-state index >= 15 is 0 Å². The summed E-state index contributed by atoms with van der Waals surface area (Å²) in [5.41, 5.74) is 2.08. The van der Waals surface area contributed by atoms with Crippen molar-refractivity contribution < 1.29 is 4.42 Å². The monoisotopic (exact) mass is 242 g/mol. The molecule has 0 aliphatic rings. The first-order chi connectivity index (χ1) is 8.84. The molecule has 92 valence electrons. The average molecular weight is 242 g/mol. The maximum absolute atomic E-state index is 5.49. The molecule has 0 aliphatic heterocycles. The Morgan fingerprint density at radius 1 is 1.28 bits per heavy atom. The molecule has 2 aromatic heterocycles. The minimum atomic E-state index is 0.690. The predicted octanol–water partition coefficient (Wildman–Crippen LogP) is 1.85. The lowest BCUT2D eigenvalue weighted by Gasteiger charge is -2.02. The Morgan fingerprint density at radius 2 is 2.17 bits per heavy atom. The zero-order chi connectivity index (χ0) is 12.4. The quantitative estimate of drug-likeness (QED) is 0.758. The SMILES string of the molecule is Cn1cnnc1CNCc1coc2ccccc12. The number of aromatic nitrogens is 3. The highest BCUT2D eigenvalue weighted by Crippen LogP contribution is 2.20. The van der Waals surface area contributed by atoms with Crippen molar-refractivity contribution in [3.05, 3.63) is 48.2 Å². The van der Waals surface area contributed by atoms with Gasteiger partial charge in [0, 0.05) is 24.5 Å². The molecule has 0 unspecified atom stereocenters. The molecule has 0 bridgehead atoms. The maximum Gasteiger partial charge on any atom is 0.146 e. The number of hydrogen-bond donors (Lipinski definition) is 1. The van der Waals surface area contributed by atoms with Crippen molar-refractivity contribution in [1.29, 1.82) is 0 Å². The van der Waals surface area contributed by atoms with Gasteiger partial charge in [0.25, 0.3) is 0 Å². The first-order valence-corrected chi connectivity index (χ1v) is 5.83. The first kappa shape index (κ1) is 11.0. The van der Waals surface area contributed by atoms with Gasteiger partial charge < -0.3 is 14.3 Å². The molecule has 0 amide bonds. The fourth-order valence-electron chi connectivity index (χ4n) is 1.95. The van der Waals surface area contributed by atoms with E-state index in [1.807, 2.05) is 29.8 Å². The molecule has 5 heteroatoms. The number of nitrogens with zero attached hydrogens (tertiary/aromatic N) is 3. The summed E-state index contributed by atoms with van der Waals surface area (Å²) in [4.78, 5) is 0. The lowest BCUT2D eigenvalue weighted by molar-refractivity contribution is 0.595. The Hall–Kier alpha value is -2.14. The van der Waals surface area contributed by atoms with Gasteiger partial charge >= 0.3 is 0 Å². The van der Waals surface area contributed by atoms with Gasteiger partial charge in [-0.05, 0) is 6.07 Å². The van der Waals surface area contributed by atoms with Gasteiger partial charge in [0.1, 0.15) is 17.7 Å². The summed E-state index contributed by atoms with van der Waals surface area (Å²) in [6.45, 7) is 1.44. The summed E-state index contributed by atoms with van der Waals surface area (Å²) in [5, 5.41) is 12.4. The van der Waals surface area contributed by atoms with Gasteiger partial charge in [-0.15, -0.1) is 10.2 Å². The molecular weight excluding hydrogens is 228 g/mol. The lowest BCUT2D eigenvalue weighted by atomic mass is 10.2. The third kappa shape index (κ3) is 2.00. The second-order valence-corrected chi connectivity index (χ2v) is 4.22. The standard InChI is InChI=1S/C13H14N4O/c1-17-9-15-16-13(17)7-14-6-10-8-18-12-5-3-2-4-11(10)12/h2-5,8-9,14H,6-7H2,1H3. The molecule has 0 spiro atoms. The summed E-state index contributed by atoms with van der Waals surface area (Å²) in [6.07, 6.45) is 3.50. The van der Waals surface area contributed by atoms with Crippen LogP contribution in [-0.4, -0.2) is 14.8 Å². The van der Waals surface area contributed by atoms with Crippen LogP contribution in [0.15, 0.2) is 41.3 Å². The highest BCUT2D eigenvalue weighted by Gasteiger charge is 2.05. The van der Waals surface area contributed by atoms with Gasteiger partial charge in [-0.3, -0.25) is 0 Å². The van der Waals surface area contributed by atoms with E-state index in [2.05, 4.69) is 21.6 Å². The summed E-state index contributed by atoms with van der Waals surface area (Å²) >= 11 is 0. The third-order valence-corrected chi connectivity index (χ3v) is 2.96. The molecule has 3 aromatic rings. The second-order valence-electron chi connectivity index (χ2n) is 4.22. The van der Waals surface area contributed by atoms with Crippen molar-refractivity contribution in [1.82, 2.24) is 20.1 Å². The van der Waals surface area contributed by atoms with Crippen LogP contribution < -0.4 is 5.32 Å². The van der Waals surface area contributed by atoms with E-state index in [0.29, 0.717) is 6.54 Å². The molecule has 0 fully saturated rings. The molecule has 1 aromatic carbocycles. The molecule has 0 saturated carbocycles. The number of fused-ring (bicyclic) bond motifs is 1. The minimum absolute atomic E-state index is 0.690. The number of aryl methyl sites for hydroxylation is 1. The van der Waals surface area contributed by atoms with Crippen molar-refractivity contribution >= 4 is 11.0 Å². The summed E-state index contributed by atoms with van der Waals surface area (Å²) < 4.78 is 7.39. The number of furan rings is 1. The summed E-state index contributed by atoms with van der Waals surface area (Å²) in [6, 6.07) is 8.03. The van der Waals surface area contributed by atoms with Crippen LogP contribution in [0.2, 0.25) is 0 Å². The number of para-hydroxylation sites is 1. The van der Waals surface area contributed by atoms with Crippen LogP contribution in [0.25, 0.3) is 11.0 Å². The molecular formula is C13H14N4O. The molecule has 0 aliphatic carbocycles. The largest absolute Gasteiger partial charge is 0.464 e. The molecule has 18 heavy (non-hydrogen) atoms. The van der Waals surface area contributed by atoms with E-state index in [0.717, 1.165) is 28.9 Å². The first-order valence-electron chi connectivity index (χ1n) is 5.83. The van der Waals surface area contributed by atoms with Crippen LogP contribution in [0, 0.1) is 0 Å². The third-order valence-electron chi connectivity index (χ3n) is 2.96. The van der Waals surface area contributed by atoms with Gasteiger partial charge in [-0.25, -0.2) is 0 Å². The lowest BCUT2D eigenvalue weighted by Crippen LogP contribution is -2.15. The van der Waals surface area contributed by atoms with Crippen LogP contribution in [0.3, 0.4) is 0 Å². The van der Waals surface area contributed by atoms with Crippen LogP contribution in [-0.2, 0) is 20.1 Å². The second kappa shape index (κ2) is 4.62. The fraction of sp³-hybridized carbons (Fsp3) is 0.231. The summed E-state index contributed by atoms with van der Waals surface area (Å²) in [5.74, 6) is 0.919. The Balaban J connectivity index is 1.68. The highest BCUT2D eigenvalue weighted by atomic mass is 16.3. The Labute approximate surface area is 104 Å². The normalized spacial score (nSPS) is 11.2. The molecule has 1 N–H and O–H groups in total. The van der Waals surface area contributed by atoms with E-state index in [9.17, 15) is 0 Å². The Morgan fingerprint density at radius 3 is 3.00 bits per heavy atom.